The summed E-state index contributed by atoms with van der Waals surface area (Å²) >= 11 is 1.68. The molecule has 0 saturated carbocycles. The van der Waals surface area contributed by atoms with Crippen LogP contribution in [0.5, 0.6) is 0 Å². The van der Waals surface area contributed by atoms with Crippen molar-refractivity contribution >= 4 is 17.2 Å². The molecule has 1 aliphatic rings. The zero-order valence-electron chi connectivity index (χ0n) is 14.5. The van der Waals surface area contributed by atoms with Crippen LogP contribution >= 0.6 is 11.3 Å². The Kier molecular flexibility index (Phi) is 5.61. The lowest BCUT2D eigenvalue weighted by Crippen LogP contribution is -2.44. The van der Waals surface area contributed by atoms with Crippen LogP contribution in [0.1, 0.15) is 47.0 Å². The smallest absolute Gasteiger partial charge is 0.228 e. The van der Waals surface area contributed by atoms with Crippen LogP contribution < -0.4 is 0 Å². The summed E-state index contributed by atoms with van der Waals surface area (Å²) in [7, 11) is 0. The average molecular weight is 343 g/mol. The number of hydrogen-bond acceptors (Lipinski definition) is 4. The Morgan fingerprint density at radius 2 is 2.21 bits per heavy atom. The number of likely N-dealkylation sites (tertiary alicyclic amines) is 1. The van der Waals surface area contributed by atoms with Crippen molar-refractivity contribution in [2.24, 2.45) is 0 Å². The number of aryl methyl sites for hydroxylation is 3. The Bertz CT molecular complexity index is 683. The highest BCUT2D eigenvalue weighted by Crippen LogP contribution is 2.23. The molecule has 1 amide bonds. The van der Waals surface area contributed by atoms with Gasteiger partial charge in [0.25, 0.3) is 0 Å². The molecule has 1 aliphatic heterocycles. The first-order valence-electron chi connectivity index (χ1n) is 8.76. The SMILES string of the molecule is Cc1nc(CC(=O)N2CCCC[C@@H]2CCc2ccccn2)c(C)s1. The quantitative estimate of drug-likeness (QED) is 0.831. The van der Waals surface area contributed by atoms with Gasteiger partial charge in [0.05, 0.1) is 17.1 Å². The molecule has 0 bridgehead atoms. The van der Waals surface area contributed by atoms with E-state index in [0.717, 1.165) is 48.6 Å². The summed E-state index contributed by atoms with van der Waals surface area (Å²) in [5.74, 6) is 0.231. The molecule has 1 fully saturated rings. The molecule has 128 valence electrons. The topological polar surface area (TPSA) is 46.1 Å². The molecule has 0 unspecified atom stereocenters. The first-order valence-corrected chi connectivity index (χ1v) is 9.57. The van der Waals surface area contributed by atoms with Gasteiger partial charge in [0.2, 0.25) is 5.91 Å². The molecule has 1 atom stereocenters. The Morgan fingerprint density at radius 3 is 2.92 bits per heavy atom. The minimum absolute atomic E-state index is 0.231. The fraction of sp³-hybridized carbons (Fsp3) is 0.526. The normalized spacial score (nSPS) is 17.9. The number of piperidine rings is 1. The van der Waals surface area contributed by atoms with Crippen molar-refractivity contribution in [3.05, 3.63) is 45.7 Å². The van der Waals surface area contributed by atoms with Gasteiger partial charge in [-0.3, -0.25) is 9.78 Å². The minimum Gasteiger partial charge on any atom is -0.339 e. The predicted octanol–water partition coefficient (Wildman–Crippen LogP) is 3.71. The van der Waals surface area contributed by atoms with Crippen molar-refractivity contribution in [2.75, 3.05) is 6.54 Å². The van der Waals surface area contributed by atoms with E-state index in [1.807, 2.05) is 25.3 Å². The van der Waals surface area contributed by atoms with Gasteiger partial charge in [0.15, 0.2) is 0 Å². The standard InChI is InChI=1S/C19H25N3OS/c1-14-18(21-15(2)24-14)13-19(23)22-12-6-4-8-17(22)10-9-16-7-3-5-11-20-16/h3,5,7,11,17H,4,6,8-10,12-13H2,1-2H3/t17-/m1/s1. The highest BCUT2D eigenvalue weighted by atomic mass is 32.1. The third-order valence-electron chi connectivity index (χ3n) is 4.73. The van der Waals surface area contributed by atoms with E-state index in [2.05, 4.69) is 27.9 Å². The summed E-state index contributed by atoms with van der Waals surface area (Å²) in [6, 6.07) is 6.38. The lowest BCUT2D eigenvalue weighted by molar-refractivity contribution is -0.134. The number of carbonyl (C=O) groups excluding carboxylic acids is 1. The van der Waals surface area contributed by atoms with Crippen molar-refractivity contribution in [2.45, 2.75) is 58.4 Å². The predicted molar refractivity (Wildman–Crippen MR) is 97.2 cm³/mol. The van der Waals surface area contributed by atoms with E-state index in [1.54, 1.807) is 11.3 Å². The van der Waals surface area contributed by atoms with Crippen LogP contribution in [-0.4, -0.2) is 33.4 Å². The Balaban J connectivity index is 1.63. The molecule has 0 N–H and O–H groups in total. The average Bonchev–Trinajstić information content (AvgIpc) is 2.91. The van der Waals surface area contributed by atoms with E-state index in [1.165, 1.54) is 11.3 Å². The van der Waals surface area contributed by atoms with E-state index in [9.17, 15) is 4.79 Å². The van der Waals surface area contributed by atoms with Gasteiger partial charge in [-0.15, -0.1) is 11.3 Å². The molecule has 5 heteroatoms. The molecule has 1 saturated heterocycles. The van der Waals surface area contributed by atoms with Gasteiger partial charge in [-0.25, -0.2) is 4.98 Å². The van der Waals surface area contributed by atoms with Gasteiger partial charge in [0.1, 0.15) is 0 Å². The third kappa shape index (κ3) is 4.20. The van der Waals surface area contributed by atoms with Crippen molar-refractivity contribution < 1.29 is 4.79 Å². The van der Waals surface area contributed by atoms with Crippen molar-refractivity contribution in [1.82, 2.24) is 14.9 Å². The zero-order valence-corrected chi connectivity index (χ0v) is 15.3. The molecule has 2 aromatic heterocycles. The number of thiazole rings is 1. The number of nitrogens with zero attached hydrogens (tertiary/aromatic N) is 3. The van der Waals surface area contributed by atoms with E-state index in [0.29, 0.717) is 12.5 Å². The molecule has 4 nitrogen and oxygen atoms in total. The first kappa shape index (κ1) is 17.1. The second-order valence-electron chi connectivity index (χ2n) is 6.51. The summed E-state index contributed by atoms with van der Waals surface area (Å²) in [6.07, 6.45) is 7.64. The Morgan fingerprint density at radius 1 is 1.33 bits per heavy atom. The monoisotopic (exact) mass is 343 g/mol. The van der Waals surface area contributed by atoms with Crippen LogP contribution in [0.25, 0.3) is 0 Å². The molecule has 0 spiro atoms. The summed E-state index contributed by atoms with van der Waals surface area (Å²) in [4.78, 5) is 25.0. The fourth-order valence-electron chi connectivity index (χ4n) is 3.47. The molecular formula is C19H25N3OS. The molecule has 24 heavy (non-hydrogen) atoms. The van der Waals surface area contributed by atoms with E-state index >= 15 is 0 Å². The van der Waals surface area contributed by atoms with Crippen LogP contribution in [0.3, 0.4) is 0 Å². The maximum Gasteiger partial charge on any atom is 0.228 e. The van der Waals surface area contributed by atoms with E-state index in [-0.39, 0.29) is 5.91 Å². The second kappa shape index (κ2) is 7.88. The van der Waals surface area contributed by atoms with E-state index in [4.69, 9.17) is 0 Å². The highest BCUT2D eigenvalue weighted by Gasteiger charge is 2.27. The summed E-state index contributed by atoms with van der Waals surface area (Å²) in [5, 5.41) is 1.04. The number of amides is 1. The van der Waals surface area contributed by atoms with Gasteiger partial charge in [0, 0.05) is 29.4 Å². The third-order valence-corrected chi connectivity index (χ3v) is 5.65. The maximum absolute atomic E-state index is 12.8. The van der Waals surface area contributed by atoms with Crippen molar-refractivity contribution in [3.8, 4) is 0 Å². The van der Waals surface area contributed by atoms with Crippen LogP contribution in [0.4, 0.5) is 0 Å². The van der Waals surface area contributed by atoms with Gasteiger partial charge in [-0.05, 0) is 58.1 Å². The molecule has 0 radical (unpaired) electrons. The first-order chi connectivity index (χ1) is 11.6. The van der Waals surface area contributed by atoms with Crippen LogP contribution in [0.15, 0.2) is 24.4 Å². The van der Waals surface area contributed by atoms with Gasteiger partial charge >= 0.3 is 0 Å². The summed E-state index contributed by atoms with van der Waals surface area (Å²) in [6.45, 7) is 4.94. The zero-order chi connectivity index (χ0) is 16.9. The summed E-state index contributed by atoms with van der Waals surface area (Å²) < 4.78 is 0. The fourth-order valence-corrected chi connectivity index (χ4v) is 4.30. The molecule has 2 aromatic rings. The number of rotatable bonds is 5. The number of aromatic nitrogens is 2. The van der Waals surface area contributed by atoms with Gasteiger partial charge in [-0.2, -0.15) is 0 Å². The minimum atomic E-state index is 0.231. The number of hydrogen-bond donors (Lipinski definition) is 0. The van der Waals surface area contributed by atoms with Crippen LogP contribution in [0, 0.1) is 13.8 Å². The molecule has 0 aromatic carbocycles. The molecular weight excluding hydrogens is 318 g/mol. The van der Waals surface area contributed by atoms with Crippen molar-refractivity contribution in [3.63, 3.8) is 0 Å². The molecule has 3 rings (SSSR count). The second-order valence-corrected chi connectivity index (χ2v) is 7.92. The number of carbonyl (C=O) groups is 1. The van der Waals surface area contributed by atoms with Gasteiger partial charge in [-0.1, -0.05) is 6.07 Å². The Labute approximate surface area is 147 Å². The van der Waals surface area contributed by atoms with Gasteiger partial charge < -0.3 is 4.90 Å². The maximum atomic E-state index is 12.8. The molecule has 0 aliphatic carbocycles. The summed E-state index contributed by atoms with van der Waals surface area (Å²) in [5.41, 5.74) is 2.07. The number of pyridine rings is 1. The Hall–Kier alpha value is -1.75. The van der Waals surface area contributed by atoms with E-state index < -0.39 is 0 Å². The van der Waals surface area contributed by atoms with Crippen LogP contribution in [-0.2, 0) is 17.6 Å². The lowest BCUT2D eigenvalue weighted by atomic mass is 9.96. The van der Waals surface area contributed by atoms with Crippen LogP contribution in [0.2, 0.25) is 0 Å². The van der Waals surface area contributed by atoms with Crippen molar-refractivity contribution in [1.29, 1.82) is 0 Å². The highest BCUT2D eigenvalue weighted by molar-refractivity contribution is 7.11. The molecule has 3 heterocycles. The lowest BCUT2D eigenvalue weighted by Gasteiger charge is -2.36. The largest absolute Gasteiger partial charge is 0.339 e.